The van der Waals surface area contributed by atoms with E-state index in [0.29, 0.717) is 30.2 Å². The molecule has 3 heterocycles. The molecule has 1 unspecified atom stereocenters. The lowest BCUT2D eigenvalue weighted by Crippen LogP contribution is -2.50. The second-order valence-electron chi connectivity index (χ2n) is 8.40. The van der Waals surface area contributed by atoms with Crippen molar-refractivity contribution in [3.8, 4) is 5.88 Å². The number of anilines is 3. The van der Waals surface area contributed by atoms with Crippen LogP contribution in [0.5, 0.6) is 5.88 Å². The maximum absolute atomic E-state index is 12.4. The van der Waals surface area contributed by atoms with Crippen LogP contribution in [-0.4, -0.2) is 51.4 Å². The zero-order chi connectivity index (χ0) is 20.7. The summed E-state index contributed by atoms with van der Waals surface area (Å²) in [5, 5.41) is 10.5. The number of fused-ring (bicyclic) bond motifs is 1. The van der Waals surface area contributed by atoms with Gasteiger partial charge in [-0.2, -0.15) is 10.1 Å². The number of rotatable bonds is 6. The van der Waals surface area contributed by atoms with Gasteiger partial charge < -0.3 is 20.3 Å². The molecule has 0 bridgehead atoms. The molecule has 2 aromatic heterocycles. The number of hydrogen-bond acceptors (Lipinski definition) is 7. The Kier molecular flexibility index (Phi) is 5.06. The molecule has 0 spiro atoms. The Morgan fingerprint density at radius 1 is 1.31 bits per heavy atom. The van der Waals surface area contributed by atoms with Gasteiger partial charge in [0.2, 0.25) is 17.7 Å². The van der Waals surface area contributed by atoms with E-state index < -0.39 is 0 Å². The summed E-state index contributed by atoms with van der Waals surface area (Å²) in [4.78, 5) is 23.7. The van der Waals surface area contributed by atoms with Crippen LogP contribution in [0.2, 0.25) is 0 Å². The molecule has 0 aromatic carbocycles. The Morgan fingerprint density at radius 2 is 2.07 bits per heavy atom. The number of nitrogens with zero attached hydrogens (tertiary/aromatic N) is 5. The minimum Gasteiger partial charge on any atom is -0.478 e. The van der Waals surface area contributed by atoms with Gasteiger partial charge in [-0.05, 0) is 31.6 Å². The molecule has 9 nitrogen and oxygen atoms in total. The molecule has 2 aromatic rings. The summed E-state index contributed by atoms with van der Waals surface area (Å²) in [7, 11) is 3.80. The fraction of sp³-hybridized carbons (Fsp3) is 0.600. The van der Waals surface area contributed by atoms with Gasteiger partial charge in [-0.1, -0.05) is 13.8 Å². The standard InChI is InChI=1S/C20H29N7O2/c1-11(2)17-19(28)24-16-12(3)22-20(25-18(16)26(17)4)23-14-8-13(9-14)10-29-15-6-7-21-27(15)5/h6-7,11,13-14,17H,8-10H2,1-5H3,(H,24,28)(H,22,23,25)/t13-,14+,17?. The fourth-order valence-electron chi connectivity index (χ4n) is 4.16. The molecule has 1 atom stereocenters. The number of aryl methyl sites for hydroxylation is 2. The molecule has 1 aliphatic carbocycles. The zero-order valence-electron chi connectivity index (χ0n) is 17.6. The smallest absolute Gasteiger partial charge is 0.247 e. The number of carbonyl (C=O) groups is 1. The third-order valence-electron chi connectivity index (χ3n) is 5.78. The Balaban J connectivity index is 1.38. The summed E-state index contributed by atoms with van der Waals surface area (Å²) in [6.07, 6.45) is 3.76. The molecule has 29 heavy (non-hydrogen) atoms. The number of carbonyl (C=O) groups excluding carboxylic acids is 1. The number of aromatic nitrogens is 4. The van der Waals surface area contributed by atoms with E-state index in [-0.39, 0.29) is 17.9 Å². The molecule has 1 fully saturated rings. The van der Waals surface area contributed by atoms with Gasteiger partial charge in [-0.25, -0.2) is 9.67 Å². The Labute approximate surface area is 170 Å². The molecule has 9 heteroatoms. The number of likely N-dealkylation sites (N-methyl/N-ethyl adjacent to an activating group) is 1. The van der Waals surface area contributed by atoms with Gasteiger partial charge in [-0.15, -0.1) is 0 Å². The van der Waals surface area contributed by atoms with Crippen molar-refractivity contribution in [1.29, 1.82) is 0 Å². The summed E-state index contributed by atoms with van der Waals surface area (Å²) >= 11 is 0. The first-order valence-electron chi connectivity index (χ1n) is 10.1. The molecule has 2 aliphatic rings. The lowest BCUT2D eigenvalue weighted by atomic mass is 9.81. The second kappa shape index (κ2) is 7.53. The van der Waals surface area contributed by atoms with Gasteiger partial charge in [0.05, 0.1) is 18.5 Å². The minimum absolute atomic E-state index is 0.00216. The van der Waals surface area contributed by atoms with Crippen molar-refractivity contribution in [3.05, 3.63) is 18.0 Å². The summed E-state index contributed by atoms with van der Waals surface area (Å²) in [5.41, 5.74) is 1.48. The average Bonchev–Trinajstić information content (AvgIpc) is 3.02. The predicted molar refractivity (Wildman–Crippen MR) is 111 cm³/mol. The van der Waals surface area contributed by atoms with Crippen LogP contribution >= 0.6 is 0 Å². The van der Waals surface area contributed by atoms with Crippen LogP contribution in [0.25, 0.3) is 0 Å². The van der Waals surface area contributed by atoms with Gasteiger partial charge >= 0.3 is 0 Å². The Hall–Kier alpha value is -2.84. The third-order valence-corrected chi connectivity index (χ3v) is 5.78. The molecule has 1 aliphatic heterocycles. The molecular weight excluding hydrogens is 370 g/mol. The van der Waals surface area contributed by atoms with Gasteiger partial charge in [0.1, 0.15) is 11.7 Å². The van der Waals surface area contributed by atoms with Gasteiger partial charge in [0.25, 0.3) is 0 Å². The molecule has 1 saturated carbocycles. The van der Waals surface area contributed by atoms with Crippen molar-refractivity contribution in [2.75, 3.05) is 29.2 Å². The van der Waals surface area contributed by atoms with Crippen molar-refractivity contribution < 1.29 is 9.53 Å². The van der Waals surface area contributed by atoms with Crippen LogP contribution in [0.1, 0.15) is 32.4 Å². The van der Waals surface area contributed by atoms with E-state index in [1.807, 2.05) is 45.8 Å². The first-order valence-corrected chi connectivity index (χ1v) is 10.1. The molecule has 1 amide bonds. The summed E-state index contributed by atoms with van der Waals surface area (Å²) in [6.45, 7) is 6.68. The highest BCUT2D eigenvalue weighted by Crippen LogP contribution is 2.35. The first kappa shape index (κ1) is 19.5. The molecule has 4 rings (SSSR count). The zero-order valence-corrected chi connectivity index (χ0v) is 17.6. The number of nitrogens with one attached hydrogen (secondary N) is 2. The fourth-order valence-corrected chi connectivity index (χ4v) is 4.16. The van der Waals surface area contributed by atoms with Crippen molar-refractivity contribution >= 4 is 23.4 Å². The highest BCUT2D eigenvalue weighted by atomic mass is 16.5. The first-order chi connectivity index (χ1) is 13.8. The van der Waals surface area contributed by atoms with E-state index in [1.165, 1.54) is 0 Å². The van der Waals surface area contributed by atoms with Gasteiger partial charge in [0, 0.05) is 26.2 Å². The van der Waals surface area contributed by atoms with Gasteiger partial charge in [-0.3, -0.25) is 4.79 Å². The van der Waals surface area contributed by atoms with Crippen molar-refractivity contribution in [3.63, 3.8) is 0 Å². The largest absolute Gasteiger partial charge is 0.478 e. The topological polar surface area (TPSA) is 97.2 Å². The van der Waals surface area contributed by atoms with Crippen molar-refractivity contribution in [1.82, 2.24) is 19.7 Å². The van der Waals surface area contributed by atoms with Crippen molar-refractivity contribution in [2.45, 2.75) is 45.7 Å². The van der Waals surface area contributed by atoms with Crippen LogP contribution in [0.3, 0.4) is 0 Å². The maximum atomic E-state index is 12.4. The molecule has 0 radical (unpaired) electrons. The van der Waals surface area contributed by atoms with E-state index in [2.05, 4.69) is 20.7 Å². The summed E-state index contributed by atoms with van der Waals surface area (Å²) < 4.78 is 7.56. The SMILES string of the molecule is Cc1nc(N[C@H]2C[C@@H](COc3ccnn3C)C2)nc2c1NC(=O)C(C(C)C)N2C. The predicted octanol–water partition coefficient (Wildman–Crippen LogP) is 2.20. The highest BCUT2D eigenvalue weighted by Gasteiger charge is 2.36. The molecule has 156 valence electrons. The van der Waals surface area contributed by atoms with Crippen LogP contribution in [0.4, 0.5) is 17.5 Å². The van der Waals surface area contributed by atoms with E-state index in [1.54, 1.807) is 10.9 Å². The number of hydrogen-bond donors (Lipinski definition) is 2. The van der Waals surface area contributed by atoms with Crippen molar-refractivity contribution in [2.24, 2.45) is 18.9 Å². The number of ether oxygens (including phenoxy) is 1. The Bertz CT molecular complexity index is 904. The molecule has 2 N–H and O–H groups in total. The van der Waals surface area contributed by atoms with Gasteiger partial charge in [0.15, 0.2) is 5.82 Å². The van der Waals surface area contributed by atoms with E-state index in [4.69, 9.17) is 9.72 Å². The minimum atomic E-state index is -0.234. The lowest BCUT2D eigenvalue weighted by molar-refractivity contribution is -0.118. The normalized spacial score (nSPS) is 23.4. The number of amides is 1. The quantitative estimate of drug-likeness (QED) is 0.768. The van der Waals surface area contributed by atoms with Crippen LogP contribution < -0.4 is 20.3 Å². The van der Waals surface area contributed by atoms with E-state index >= 15 is 0 Å². The molecule has 0 saturated heterocycles. The highest BCUT2D eigenvalue weighted by molar-refractivity contribution is 6.03. The van der Waals surface area contributed by atoms with Crippen LogP contribution in [0, 0.1) is 18.8 Å². The van der Waals surface area contributed by atoms with E-state index in [0.717, 1.165) is 30.2 Å². The van der Waals surface area contributed by atoms with Crippen LogP contribution in [-0.2, 0) is 11.8 Å². The van der Waals surface area contributed by atoms with Crippen LogP contribution in [0.15, 0.2) is 12.3 Å². The average molecular weight is 399 g/mol. The lowest BCUT2D eigenvalue weighted by Gasteiger charge is -2.38. The Morgan fingerprint density at radius 3 is 2.72 bits per heavy atom. The molecular formula is C20H29N7O2. The summed E-state index contributed by atoms with van der Waals surface area (Å²) in [5.74, 6) is 2.87. The monoisotopic (exact) mass is 399 g/mol. The summed E-state index contributed by atoms with van der Waals surface area (Å²) in [6, 6.07) is 1.97. The third kappa shape index (κ3) is 3.73. The maximum Gasteiger partial charge on any atom is 0.247 e. The van der Waals surface area contributed by atoms with E-state index in [9.17, 15) is 4.79 Å². The second-order valence-corrected chi connectivity index (χ2v) is 8.40.